The summed E-state index contributed by atoms with van der Waals surface area (Å²) in [7, 11) is 0. The van der Waals surface area contributed by atoms with Crippen LogP contribution in [0.2, 0.25) is 5.02 Å². The summed E-state index contributed by atoms with van der Waals surface area (Å²) in [6.07, 6.45) is 6.33. The Morgan fingerprint density at radius 3 is 2.90 bits per heavy atom. The maximum absolute atomic E-state index is 14.0. The minimum atomic E-state index is -0.256. The van der Waals surface area contributed by atoms with Crippen molar-refractivity contribution < 1.29 is 4.39 Å². The molecule has 1 unspecified atom stereocenters. The van der Waals surface area contributed by atoms with Gasteiger partial charge in [-0.15, -0.1) is 0 Å². The molecule has 0 radical (unpaired) electrons. The SMILES string of the molecule is Fc1c(Cl)cccc1CN1CCCCC1CNC1CC1. The van der Waals surface area contributed by atoms with Gasteiger partial charge < -0.3 is 5.32 Å². The van der Waals surface area contributed by atoms with E-state index in [9.17, 15) is 4.39 Å². The predicted octanol–water partition coefficient (Wildman–Crippen LogP) is 3.59. The lowest BCUT2D eigenvalue weighted by molar-refractivity contribution is 0.135. The number of rotatable bonds is 5. The third-order valence-corrected chi connectivity index (χ3v) is 4.67. The van der Waals surface area contributed by atoms with Crippen LogP contribution in [0.3, 0.4) is 0 Å². The van der Waals surface area contributed by atoms with E-state index in [0.717, 1.165) is 24.7 Å². The minimum absolute atomic E-state index is 0.229. The number of piperidine rings is 1. The van der Waals surface area contributed by atoms with E-state index in [1.807, 2.05) is 12.1 Å². The summed E-state index contributed by atoms with van der Waals surface area (Å²) in [5, 5.41) is 3.84. The van der Waals surface area contributed by atoms with E-state index < -0.39 is 0 Å². The minimum Gasteiger partial charge on any atom is -0.312 e. The lowest BCUT2D eigenvalue weighted by Gasteiger charge is -2.36. The van der Waals surface area contributed by atoms with Crippen LogP contribution in [0.25, 0.3) is 0 Å². The second-order valence-corrected chi connectivity index (χ2v) is 6.42. The van der Waals surface area contributed by atoms with Crippen LogP contribution in [0.5, 0.6) is 0 Å². The molecule has 2 aliphatic rings. The summed E-state index contributed by atoms with van der Waals surface area (Å²) in [5.74, 6) is -0.256. The second-order valence-electron chi connectivity index (χ2n) is 6.02. The highest BCUT2D eigenvalue weighted by molar-refractivity contribution is 6.30. The molecule has 1 N–H and O–H groups in total. The molecule has 1 saturated carbocycles. The molecule has 1 heterocycles. The third kappa shape index (κ3) is 3.51. The van der Waals surface area contributed by atoms with Crippen LogP contribution >= 0.6 is 11.6 Å². The molecule has 4 heteroatoms. The zero-order valence-electron chi connectivity index (χ0n) is 11.7. The van der Waals surface area contributed by atoms with Crippen molar-refractivity contribution in [1.29, 1.82) is 0 Å². The van der Waals surface area contributed by atoms with E-state index in [0.29, 0.717) is 12.6 Å². The monoisotopic (exact) mass is 296 g/mol. The second kappa shape index (κ2) is 6.42. The van der Waals surface area contributed by atoms with E-state index in [4.69, 9.17) is 11.6 Å². The number of nitrogens with one attached hydrogen (secondary N) is 1. The summed E-state index contributed by atoms with van der Waals surface area (Å²) >= 11 is 5.87. The highest BCUT2D eigenvalue weighted by Crippen LogP contribution is 2.25. The van der Waals surface area contributed by atoms with Crippen LogP contribution in [0, 0.1) is 5.82 Å². The Morgan fingerprint density at radius 1 is 1.25 bits per heavy atom. The van der Waals surface area contributed by atoms with Gasteiger partial charge in [0.25, 0.3) is 0 Å². The summed E-state index contributed by atoms with van der Waals surface area (Å²) in [5.41, 5.74) is 0.718. The van der Waals surface area contributed by atoms with E-state index in [1.165, 1.54) is 32.1 Å². The van der Waals surface area contributed by atoms with Crippen molar-refractivity contribution in [3.05, 3.63) is 34.6 Å². The average Bonchev–Trinajstić information content (AvgIpc) is 3.27. The molecular formula is C16H22ClFN2. The van der Waals surface area contributed by atoms with Crippen molar-refractivity contribution in [2.75, 3.05) is 13.1 Å². The first kappa shape index (κ1) is 14.3. The Labute approximate surface area is 125 Å². The Morgan fingerprint density at radius 2 is 2.10 bits per heavy atom. The summed E-state index contributed by atoms with van der Waals surface area (Å²) in [6.45, 7) is 2.76. The zero-order valence-corrected chi connectivity index (χ0v) is 12.5. The summed E-state index contributed by atoms with van der Waals surface area (Å²) in [4.78, 5) is 2.41. The van der Waals surface area contributed by atoms with Gasteiger partial charge in [0.15, 0.2) is 0 Å². The molecule has 1 saturated heterocycles. The van der Waals surface area contributed by atoms with Gasteiger partial charge in [0.05, 0.1) is 5.02 Å². The van der Waals surface area contributed by atoms with Crippen molar-refractivity contribution in [3.8, 4) is 0 Å². The van der Waals surface area contributed by atoms with Crippen LogP contribution < -0.4 is 5.32 Å². The van der Waals surface area contributed by atoms with Crippen LogP contribution in [0.15, 0.2) is 18.2 Å². The van der Waals surface area contributed by atoms with E-state index in [2.05, 4.69) is 10.2 Å². The molecule has 3 rings (SSSR count). The first-order chi connectivity index (χ1) is 9.74. The molecule has 1 aliphatic heterocycles. The van der Waals surface area contributed by atoms with Crippen molar-refractivity contribution >= 4 is 11.6 Å². The predicted molar refractivity (Wildman–Crippen MR) is 80.5 cm³/mol. The Balaban J connectivity index is 1.64. The van der Waals surface area contributed by atoms with Crippen LogP contribution in [0.1, 0.15) is 37.7 Å². The van der Waals surface area contributed by atoms with Gasteiger partial charge in [-0.2, -0.15) is 0 Å². The molecule has 0 amide bonds. The number of hydrogen-bond acceptors (Lipinski definition) is 2. The van der Waals surface area contributed by atoms with E-state index >= 15 is 0 Å². The highest BCUT2D eigenvalue weighted by atomic mass is 35.5. The Kier molecular flexibility index (Phi) is 4.59. The average molecular weight is 297 g/mol. The number of halogens is 2. The molecule has 0 spiro atoms. The zero-order chi connectivity index (χ0) is 13.9. The molecule has 1 aliphatic carbocycles. The van der Waals surface area contributed by atoms with Gasteiger partial charge in [-0.25, -0.2) is 4.39 Å². The Hall–Kier alpha value is -0.640. The Bertz CT molecular complexity index is 462. The van der Waals surface area contributed by atoms with Crippen molar-refractivity contribution in [2.24, 2.45) is 0 Å². The molecule has 110 valence electrons. The molecule has 1 aromatic rings. The van der Waals surface area contributed by atoms with Gasteiger partial charge in [-0.3, -0.25) is 4.90 Å². The maximum atomic E-state index is 14.0. The molecule has 2 nitrogen and oxygen atoms in total. The fourth-order valence-electron chi connectivity index (χ4n) is 2.98. The van der Waals surface area contributed by atoms with E-state index in [1.54, 1.807) is 6.07 Å². The fourth-order valence-corrected chi connectivity index (χ4v) is 3.17. The molecule has 0 aromatic heterocycles. The molecule has 20 heavy (non-hydrogen) atoms. The molecule has 0 bridgehead atoms. The smallest absolute Gasteiger partial charge is 0.146 e. The van der Waals surface area contributed by atoms with Crippen molar-refractivity contribution in [3.63, 3.8) is 0 Å². The lowest BCUT2D eigenvalue weighted by Crippen LogP contribution is -2.45. The fraction of sp³-hybridized carbons (Fsp3) is 0.625. The first-order valence-corrected chi connectivity index (χ1v) is 8.02. The normalized spacial score (nSPS) is 24.0. The third-order valence-electron chi connectivity index (χ3n) is 4.37. The van der Waals surface area contributed by atoms with Gasteiger partial charge in [-0.05, 0) is 38.3 Å². The number of nitrogens with zero attached hydrogens (tertiary/aromatic N) is 1. The van der Waals surface area contributed by atoms with Crippen LogP contribution in [-0.4, -0.2) is 30.1 Å². The largest absolute Gasteiger partial charge is 0.312 e. The van der Waals surface area contributed by atoms with Gasteiger partial charge in [0, 0.05) is 30.7 Å². The summed E-state index contributed by atoms with van der Waals surface area (Å²) < 4.78 is 14.0. The number of hydrogen-bond donors (Lipinski definition) is 1. The molecule has 2 fully saturated rings. The van der Waals surface area contributed by atoms with Crippen LogP contribution in [-0.2, 0) is 6.54 Å². The van der Waals surface area contributed by atoms with Gasteiger partial charge in [-0.1, -0.05) is 30.2 Å². The van der Waals surface area contributed by atoms with Gasteiger partial charge in [0.2, 0.25) is 0 Å². The summed E-state index contributed by atoms with van der Waals surface area (Å²) in [6, 6.07) is 6.57. The standard InChI is InChI=1S/C16H22ClFN2/c17-15-6-3-4-12(16(15)18)11-20-9-2-1-5-14(20)10-19-13-7-8-13/h3-4,6,13-14,19H,1-2,5,7-11H2. The van der Waals surface area contributed by atoms with Gasteiger partial charge >= 0.3 is 0 Å². The quantitative estimate of drug-likeness (QED) is 0.893. The van der Waals surface area contributed by atoms with Crippen molar-refractivity contribution in [2.45, 2.75) is 50.7 Å². The van der Waals surface area contributed by atoms with Crippen LogP contribution in [0.4, 0.5) is 4.39 Å². The molecule has 1 atom stereocenters. The first-order valence-electron chi connectivity index (χ1n) is 7.64. The molecule has 1 aromatic carbocycles. The number of likely N-dealkylation sites (tertiary alicyclic amines) is 1. The topological polar surface area (TPSA) is 15.3 Å². The lowest BCUT2D eigenvalue weighted by atomic mass is 10.0. The number of benzene rings is 1. The maximum Gasteiger partial charge on any atom is 0.146 e. The highest BCUT2D eigenvalue weighted by Gasteiger charge is 2.26. The van der Waals surface area contributed by atoms with Gasteiger partial charge in [0.1, 0.15) is 5.82 Å². The van der Waals surface area contributed by atoms with Crippen molar-refractivity contribution in [1.82, 2.24) is 10.2 Å². The van der Waals surface area contributed by atoms with E-state index in [-0.39, 0.29) is 10.8 Å². The molecular weight excluding hydrogens is 275 g/mol.